The van der Waals surface area contributed by atoms with Crippen LogP contribution in [0.2, 0.25) is 5.02 Å². The fourth-order valence-electron chi connectivity index (χ4n) is 3.53. The van der Waals surface area contributed by atoms with Crippen LogP contribution in [0.25, 0.3) is 12.0 Å². The third-order valence-electron chi connectivity index (χ3n) is 5.25. The van der Waals surface area contributed by atoms with Crippen LogP contribution in [0, 0.1) is 13.8 Å². The van der Waals surface area contributed by atoms with E-state index in [1.807, 2.05) is 44.3 Å². The lowest BCUT2D eigenvalue weighted by atomic mass is 10.2. The van der Waals surface area contributed by atoms with E-state index >= 15 is 0 Å². The predicted octanol–water partition coefficient (Wildman–Crippen LogP) is 4.19. The van der Waals surface area contributed by atoms with Gasteiger partial charge in [0.25, 0.3) is 5.95 Å². The lowest BCUT2D eigenvalue weighted by Crippen LogP contribution is -2.46. The van der Waals surface area contributed by atoms with Crippen LogP contribution >= 0.6 is 24.0 Å². The number of nitrogens with zero attached hydrogens (tertiary/aromatic N) is 6. The summed E-state index contributed by atoms with van der Waals surface area (Å²) in [4.78, 5) is 13.6. The van der Waals surface area contributed by atoms with Crippen LogP contribution in [0.4, 0.5) is 5.69 Å². The van der Waals surface area contributed by atoms with E-state index in [4.69, 9.17) is 11.6 Å². The molecule has 1 saturated heterocycles. The van der Waals surface area contributed by atoms with Crippen molar-refractivity contribution in [2.45, 2.75) is 13.8 Å². The minimum atomic E-state index is 0. The molecule has 0 N–H and O–H groups in total. The molecule has 0 aliphatic carbocycles. The molecule has 0 unspecified atom stereocenters. The number of hydrogen-bond donors (Lipinski definition) is 0. The van der Waals surface area contributed by atoms with Crippen LogP contribution in [-0.2, 0) is 0 Å². The summed E-state index contributed by atoms with van der Waals surface area (Å²) in [6, 6.07) is 9.95. The van der Waals surface area contributed by atoms with Gasteiger partial charge in [0, 0.05) is 50.2 Å². The van der Waals surface area contributed by atoms with Crippen LogP contribution in [0.3, 0.4) is 0 Å². The molecular formula is C22H26Cl2N6. The van der Waals surface area contributed by atoms with Crippen molar-refractivity contribution in [2.24, 2.45) is 0 Å². The maximum absolute atomic E-state index is 6.33. The summed E-state index contributed by atoms with van der Waals surface area (Å²) in [5.74, 6) is 0.609. The third kappa shape index (κ3) is 5.01. The minimum Gasteiger partial charge on any atom is -0.368 e. The zero-order chi connectivity index (χ0) is 20.2. The summed E-state index contributed by atoms with van der Waals surface area (Å²) < 4.78 is 1.79. The van der Waals surface area contributed by atoms with E-state index in [0.29, 0.717) is 5.95 Å². The first-order valence-corrected chi connectivity index (χ1v) is 10.2. The number of aromatic nitrogens is 4. The lowest BCUT2D eigenvalue weighted by molar-refractivity contribution is 0.284. The number of anilines is 1. The molecule has 0 bridgehead atoms. The first-order valence-electron chi connectivity index (χ1n) is 9.85. The molecule has 1 fully saturated rings. The molecule has 1 aliphatic rings. The maximum Gasteiger partial charge on any atom is 0.250 e. The van der Waals surface area contributed by atoms with Crippen molar-refractivity contribution in [3.05, 3.63) is 70.8 Å². The van der Waals surface area contributed by atoms with E-state index in [0.717, 1.165) is 60.4 Å². The minimum absolute atomic E-state index is 0. The largest absolute Gasteiger partial charge is 0.368 e. The van der Waals surface area contributed by atoms with Crippen LogP contribution in [0.5, 0.6) is 0 Å². The molecule has 4 rings (SSSR count). The highest BCUT2D eigenvalue weighted by molar-refractivity contribution is 6.33. The average Bonchev–Trinajstić information content (AvgIpc) is 3.09. The van der Waals surface area contributed by atoms with Crippen molar-refractivity contribution in [1.82, 2.24) is 24.6 Å². The van der Waals surface area contributed by atoms with Crippen molar-refractivity contribution in [2.75, 3.05) is 37.6 Å². The van der Waals surface area contributed by atoms with Gasteiger partial charge in [-0.15, -0.1) is 12.4 Å². The Morgan fingerprint density at radius 1 is 1.07 bits per heavy atom. The second-order valence-corrected chi connectivity index (χ2v) is 7.64. The molecule has 6 nitrogen and oxygen atoms in total. The lowest BCUT2D eigenvalue weighted by Gasteiger charge is -2.36. The summed E-state index contributed by atoms with van der Waals surface area (Å²) in [6.07, 6.45) is 7.97. The normalized spacial score (nSPS) is 14.8. The van der Waals surface area contributed by atoms with Gasteiger partial charge in [-0.1, -0.05) is 35.9 Å². The summed E-state index contributed by atoms with van der Waals surface area (Å²) in [6.45, 7) is 8.92. The molecule has 3 aromatic rings. The van der Waals surface area contributed by atoms with Crippen molar-refractivity contribution < 1.29 is 0 Å². The summed E-state index contributed by atoms with van der Waals surface area (Å²) in [5.41, 5.74) is 4.18. The van der Waals surface area contributed by atoms with Gasteiger partial charge in [-0.25, -0.2) is 14.6 Å². The van der Waals surface area contributed by atoms with Gasteiger partial charge in [-0.05, 0) is 32.0 Å². The van der Waals surface area contributed by atoms with Gasteiger partial charge in [0.05, 0.1) is 22.6 Å². The van der Waals surface area contributed by atoms with Crippen molar-refractivity contribution in [3.8, 4) is 5.95 Å². The molecule has 3 heterocycles. The van der Waals surface area contributed by atoms with Gasteiger partial charge >= 0.3 is 0 Å². The summed E-state index contributed by atoms with van der Waals surface area (Å²) in [7, 11) is 0. The molecule has 0 amide bonds. The van der Waals surface area contributed by atoms with Gasteiger partial charge in [0.2, 0.25) is 0 Å². The molecular weight excluding hydrogens is 419 g/mol. The SMILES string of the molecule is Cc1ccnc(-n2ncc(C=CCN3CCN(c4ccccc4Cl)CC3)c2C)n1.Cl. The molecule has 0 atom stereocenters. The van der Waals surface area contributed by atoms with E-state index in [2.05, 4.69) is 43.1 Å². The second kappa shape index (κ2) is 10.1. The average molecular weight is 445 g/mol. The van der Waals surface area contributed by atoms with Gasteiger partial charge in [0.15, 0.2) is 0 Å². The number of aryl methyl sites for hydroxylation is 1. The Hall–Kier alpha value is -2.41. The van der Waals surface area contributed by atoms with Crippen LogP contribution < -0.4 is 4.90 Å². The maximum atomic E-state index is 6.33. The topological polar surface area (TPSA) is 50.1 Å². The molecule has 0 radical (unpaired) electrons. The molecule has 2 aromatic heterocycles. The van der Waals surface area contributed by atoms with Crippen LogP contribution in [0.15, 0.2) is 48.8 Å². The summed E-state index contributed by atoms with van der Waals surface area (Å²) >= 11 is 6.33. The Balaban J connectivity index is 0.00000256. The molecule has 8 heteroatoms. The Kier molecular flexibility index (Phi) is 7.48. The molecule has 0 spiro atoms. The van der Waals surface area contributed by atoms with Gasteiger partial charge < -0.3 is 4.90 Å². The monoisotopic (exact) mass is 444 g/mol. The first-order chi connectivity index (χ1) is 14.1. The fourth-order valence-corrected chi connectivity index (χ4v) is 3.79. The molecule has 1 aliphatic heterocycles. The zero-order valence-corrected chi connectivity index (χ0v) is 18.8. The van der Waals surface area contributed by atoms with Gasteiger partial charge in [-0.3, -0.25) is 4.90 Å². The highest BCUT2D eigenvalue weighted by atomic mass is 35.5. The van der Waals surface area contributed by atoms with Crippen molar-refractivity contribution >= 4 is 35.8 Å². The molecule has 1 aromatic carbocycles. The van der Waals surface area contributed by atoms with Crippen molar-refractivity contribution in [1.29, 1.82) is 0 Å². The second-order valence-electron chi connectivity index (χ2n) is 7.24. The number of benzene rings is 1. The van der Waals surface area contributed by atoms with Crippen LogP contribution in [-0.4, -0.2) is 57.4 Å². The standard InChI is InChI=1S/C22H25ClN6.ClH/c1-17-9-10-24-22(26-17)29-18(2)19(16-25-29)6-5-11-27-12-14-28(15-13-27)21-8-4-3-7-20(21)23;/h3-10,16H,11-15H2,1-2H3;1H. The smallest absolute Gasteiger partial charge is 0.250 e. The highest BCUT2D eigenvalue weighted by Gasteiger charge is 2.17. The predicted molar refractivity (Wildman–Crippen MR) is 125 cm³/mol. The van der Waals surface area contributed by atoms with Gasteiger partial charge in [-0.2, -0.15) is 5.10 Å². The number of piperazine rings is 1. The van der Waals surface area contributed by atoms with Gasteiger partial charge in [0.1, 0.15) is 0 Å². The fraction of sp³-hybridized carbons (Fsp3) is 0.318. The molecule has 0 saturated carbocycles. The van der Waals surface area contributed by atoms with Crippen molar-refractivity contribution in [3.63, 3.8) is 0 Å². The van der Waals surface area contributed by atoms with E-state index < -0.39 is 0 Å². The van der Waals surface area contributed by atoms with E-state index in [1.54, 1.807) is 10.9 Å². The Morgan fingerprint density at radius 3 is 2.57 bits per heavy atom. The number of rotatable bonds is 5. The first kappa shape index (κ1) is 22.3. The Bertz CT molecular complexity index is 1010. The number of halogens is 2. The Morgan fingerprint density at radius 2 is 1.83 bits per heavy atom. The molecule has 30 heavy (non-hydrogen) atoms. The highest BCUT2D eigenvalue weighted by Crippen LogP contribution is 2.26. The Labute approximate surface area is 188 Å². The summed E-state index contributed by atoms with van der Waals surface area (Å²) in [5, 5.41) is 5.28. The van der Waals surface area contributed by atoms with E-state index in [1.165, 1.54) is 0 Å². The quantitative estimate of drug-likeness (QED) is 0.590. The number of para-hydroxylation sites is 1. The molecule has 158 valence electrons. The van der Waals surface area contributed by atoms with Crippen LogP contribution in [0.1, 0.15) is 17.0 Å². The van der Waals surface area contributed by atoms with E-state index in [-0.39, 0.29) is 12.4 Å². The third-order valence-corrected chi connectivity index (χ3v) is 5.57. The number of hydrogen-bond acceptors (Lipinski definition) is 5. The van der Waals surface area contributed by atoms with E-state index in [9.17, 15) is 0 Å². The zero-order valence-electron chi connectivity index (χ0n) is 17.2.